The van der Waals surface area contributed by atoms with E-state index in [1.165, 1.54) is 13.2 Å². The van der Waals surface area contributed by atoms with Crippen LogP contribution in [0.2, 0.25) is 5.02 Å². The monoisotopic (exact) mass is 597 g/mol. The fourth-order valence-electron chi connectivity index (χ4n) is 5.28. The van der Waals surface area contributed by atoms with E-state index in [2.05, 4.69) is 25.4 Å². The number of esters is 1. The zero-order valence-electron chi connectivity index (χ0n) is 22.7. The number of ether oxygens (including phenoxy) is 2. The van der Waals surface area contributed by atoms with E-state index in [1.807, 2.05) is 24.3 Å². The second-order valence-corrected chi connectivity index (χ2v) is 12.3. The lowest BCUT2D eigenvalue weighted by molar-refractivity contribution is -0.139. The molecule has 1 fully saturated rings. The number of piperidine rings is 1. The number of likely N-dealkylation sites (tertiary alicyclic amines) is 1. The second-order valence-electron chi connectivity index (χ2n) is 10.2. The van der Waals surface area contributed by atoms with E-state index in [9.17, 15) is 18.3 Å². The van der Waals surface area contributed by atoms with E-state index < -0.39 is 28.1 Å². The summed E-state index contributed by atoms with van der Waals surface area (Å²) in [5.74, 6) is 0.112. The lowest BCUT2D eigenvalue weighted by atomic mass is 9.84. The highest BCUT2D eigenvalue weighted by Gasteiger charge is 2.34. The second kappa shape index (κ2) is 12.3. The number of aliphatic hydroxyl groups is 1. The molecule has 1 saturated heterocycles. The van der Waals surface area contributed by atoms with Crippen molar-refractivity contribution in [2.75, 3.05) is 33.3 Å². The molecule has 3 heterocycles. The third kappa shape index (κ3) is 6.63. The molecule has 5 rings (SSSR count). The van der Waals surface area contributed by atoms with Gasteiger partial charge in [-0.1, -0.05) is 35.9 Å². The molecule has 2 aromatic carbocycles. The van der Waals surface area contributed by atoms with Crippen LogP contribution in [0.5, 0.6) is 11.6 Å². The summed E-state index contributed by atoms with van der Waals surface area (Å²) in [4.78, 5) is 18.3. The van der Waals surface area contributed by atoms with Gasteiger partial charge < -0.3 is 19.5 Å². The number of nitrogens with zero attached hydrogens (tertiary/aromatic N) is 2. The fourth-order valence-corrected chi connectivity index (χ4v) is 6.62. The van der Waals surface area contributed by atoms with Gasteiger partial charge in [-0.05, 0) is 66.8 Å². The number of nitrogens with one attached hydrogen (secondary N) is 1. The average molecular weight is 598 g/mol. The number of sulfonamides is 1. The summed E-state index contributed by atoms with van der Waals surface area (Å²) in [6, 6.07) is 15.9. The minimum Gasteiger partial charge on any atom is -0.468 e. The van der Waals surface area contributed by atoms with Crippen molar-refractivity contribution >= 4 is 33.2 Å². The molecule has 0 aliphatic carbocycles. The number of halogens is 1. The molecular formula is C30H32ClN3O6S. The number of hydrogen-bond donors (Lipinski definition) is 2. The normalized spacial score (nSPS) is 17.7. The van der Waals surface area contributed by atoms with Gasteiger partial charge in [0.15, 0.2) is 0 Å². The van der Waals surface area contributed by atoms with Gasteiger partial charge in [-0.25, -0.2) is 13.4 Å². The Labute approximate surface area is 244 Å². The van der Waals surface area contributed by atoms with Crippen molar-refractivity contribution in [1.82, 2.24) is 14.6 Å². The van der Waals surface area contributed by atoms with Crippen molar-refractivity contribution in [3.63, 3.8) is 0 Å². The molecule has 2 aliphatic rings. The van der Waals surface area contributed by atoms with Crippen LogP contribution in [-0.2, 0) is 31.6 Å². The number of rotatable bonds is 8. The van der Waals surface area contributed by atoms with E-state index in [1.54, 1.807) is 30.5 Å². The zero-order chi connectivity index (χ0) is 29.0. The first kappa shape index (κ1) is 29.2. The van der Waals surface area contributed by atoms with E-state index in [-0.39, 0.29) is 4.90 Å². The Hall–Kier alpha value is -3.28. The Bertz CT molecular complexity index is 1550. The highest BCUT2D eigenvalue weighted by atomic mass is 35.5. The molecule has 2 N–H and O–H groups in total. The molecule has 0 radical (unpaired) electrons. The molecule has 0 spiro atoms. The Kier molecular flexibility index (Phi) is 8.77. The maximum Gasteiger partial charge on any atom is 0.320 e. The Morgan fingerprint density at radius 2 is 1.93 bits per heavy atom. The summed E-state index contributed by atoms with van der Waals surface area (Å²) < 4.78 is 39.3. The van der Waals surface area contributed by atoms with Gasteiger partial charge in [-0.2, -0.15) is 4.72 Å². The summed E-state index contributed by atoms with van der Waals surface area (Å²) >= 11 is 6.02. The van der Waals surface area contributed by atoms with Gasteiger partial charge in [-0.15, -0.1) is 0 Å². The first-order valence-corrected chi connectivity index (χ1v) is 15.3. The summed E-state index contributed by atoms with van der Waals surface area (Å²) in [7, 11) is -2.83. The van der Waals surface area contributed by atoms with E-state index >= 15 is 0 Å². The van der Waals surface area contributed by atoms with Crippen LogP contribution < -0.4 is 9.46 Å². The standard InChI is InChI=1S/C30H32ClN3O6S/c1-39-28(35)20-33-41(37,38)27-8-2-7-26-25(27)19-21(24-6-3-15-32-29(24)40-26)5-4-16-34-17-13-30(36,14-18-34)22-9-11-23(31)12-10-22/h2-3,5-12,15,33,36H,4,13-14,16-20H2,1H3. The number of pyridine rings is 1. The SMILES string of the molecule is COC(=O)CNS(=O)(=O)c1cccc2c1CC(=CCCN1CCC(O)(c3ccc(Cl)cc3)CC1)c1cccnc1O2. The number of benzene rings is 2. The van der Waals surface area contributed by atoms with Crippen LogP contribution in [0.4, 0.5) is 0 Å². The quantitative estimate of drug-likeness (QED) is 0.369. The van der Waals surface area contributed by atoms with Gasteiger partial charge in [0.05, 0.1) is 17.6 Å². The molecular weight excluding hydrogens is 566 g/mol. The molecule has 0 amide bonds. The molecule has 1 aromatic heterocycles. The molecule has 9 nitrogen and oxygen atoms in total. The van der Waals surface area contributed by atoms with Crippen LogP contribution in [0.1, 0.15) is 36.0 Å². The molecule has 2 aliphatic heterocycles. The largest absolute Gasteiger partial charge is 0.468 e. The first-order chi connectivity index (χ1) is 19.7. The lowest BCUT2D eigenvalue weighted by Crippen LogP contribution is -2.42. The average Bonchev–Trinajstić information content (AvgIpc) is 3.13. The van der Waals surface area contributed by atoms with Crippen LogP contribution in [-0.4, -0.2) is 62.7 Å². The zero-order valence-corrected chi connectivity index (χ0v) is 24.2. The highest BCUT2D eigenvalue weighted by Crippen LogP contribution is 2.40. The smallest absolute Gasteiger partial charge is 0.320 e. The van der Waals surface area contributed by atoms with Crippen molar-refractivity contribution < 1.29 is 27.8 Å². The number of aromatic nitrogens is 1. The van der Waals surface area contributed by atoms with Crippen LogP contribution in [0.3, 0.4) is 0 Å². The topological polar surface area (TPSA) is 118 Å². The van der Waals surface area contributed by atoms with E-state index in [0.29, 0.717) is 47.9 Å². The Morgan fingerprint density at radius 3 is 2.66 bits per heavy atom. The van der Waals surface area contributed by atoms with Gasteiger partial charge in [0, 0.05) is 48.4 Å². The molecule has 41 heavy (non-hydrogen) atoms. The van der Waals surface area contributed by atoms with Gasteiger partial charge in [-0.3, -0.25) is 4.79 Å². The minimum absolute atomic E-state index is 0.0372. The van der Waals surface area contributed by atoms with Crippen LogP contribution in [0.15, 0.2) is 71.8 Å². The molecule has 0 atom stereocenters. The van der Waals surface area contributed by atoms with Crippen LogP contribution in [0.25, 0.3) is 5.57 Å². The lowest BCUT2D eigenvalue weighted by Gasteiger charge is -2.38. The van der Waals surface area contributed by atoms with Gasteiger partial charge in [0.2, 0.25) is 15.9 Å². The number of fused-ring (bicyclic) bond motifs is 2. The maximum atomic E-state index is 13.2. The number of carbonyl (C=O) groups excluding carboxylic acids is 1. The molecule has 11 heteroatoms. The maximum absolute atomic E-state index is 13.2. The van der Waals surface area contributed by atoms with Crippen LogP contribution in [0, 0.1) is 0 Å². The third-order valence-electron chi connectivity index (χ3n) is 7.61. The predicted octanol–water partition coefficient (Wildman–Crippen LogP) is 4.29. The molecule has 0 bridgehead atoms. The third-order valence-corrected chi connectivity index (χ3v) is 9.34. The number of allylic oxidation sites excluding steroid dienone is 1. The Balaban J connectivity index is 1.33. The number of methoxy groups -OCH3 is 1. The van der Waals surface area contributed by atoms with Crippen molar-refractivity contribution in [1.29, 1.82) is 0 Å². The Morgan fingerprint density at radius 1 is 1.17 bits per heavy atom. The van der Waals surface area contributed by atoms with Crippen molar-refractivity contribution in [3.8, 4) is 11.6 Å². The van der Waals surface area contributed by atoms with Crippen LogP contribution >= 0.6 is 11.6 Å². The van der Waals surface area contributed by atoms with E-state index in [0.717, 1.165) is 36.3 Å². The summed E-state index contributed by atoms with van der Waals surface area (Å²) in [5, 5.41) is 11.9. The van der Waals surface area contributed by atoms with Gasteiger partial charge >= 0.3 is 5.97 Å². The van der Waals surface area contributed by atoms with Crippen molar-refractivity contribution in [2.45, 2.75) is 36.2 Å². The van der Waals surface area contributed by atoms with Gasteiger partial charge in [0.25, 0.3) is 0 Å². The van der Waals surface area contributed by atoms with Crippen molar-refractivity contribution in [2.24, 2.45) is 0 Å². The predicted molar refractivity (Wildman–Crippen MR) is 155 cm³/mol. The molecule has 3 aromatic rings. The minimum atomic E-state index is -4.03. The number of carbonyl (C=O) groups is 1. The first-order valence-electron chi connectivity index (χ1n) is 13.4. The highest BCUT2D eigenvalue weighted by molar-refractivity contribution is 7.89. The molecule has 216 valence electrons. The summed E-state index contributed by atoms with van der Waals surface area (Å²) in [5.41, 5.74) is 2.20. The fraction of sp³-hybridized carbons (Fsp3) is 0.333. The molecule has 0 saturated carbocycles. The van der Waals surface area contributed by atoms with Gasteiger partial charge in [0.1, 0.15) is 12.3 Å². The summed E-state index contributed by atoms with van der Waals surface area (Å²) in [6.45, 7) is 1.81. The summed E-state index contributed by atoms with van der Waals surface area (Å²) in [6.07, 6.45) is 6.01. The number of hydrogen-bond acceptors (Lipinski definition) is 8. The van der Waals surface area contributed by atoms with E-state index in [4.69, 9.17) is 16.3 Å². The molecule has 0 unspecified atom stereocenters. The van der Waals surface area contributed by atoms with Crippen molar-refractivity contribution in [3.05, 3.63) is 88.6 Å².